The third-order valence-corrected chi connectivity index (χ3v) is 4.01. The molecule has 1 aromatic rings. The number of esters is 2. The molecular formula is C15H14Br2O5. The van der Waals surface area contributed by atoms with Gasteiger partial charge in [-0.05, 0) is 34.5 Å². The van der Waals surface area contributed by atoms with E-state index in [1.165, 1.54) is 0 Å². The fraction of sp³-hybridized carbons (Fsp3) is 0.267. The van der Waals surface area contributed by atoms with Gasteiger partial charge in [-0.15, -0.1) is 0 Å². The lowest BCUT2D eigenvalue weighted by molar-refractivity contribution is -0.139. The number of rotatable bonds is 8. The van der Waals surface area contributed by atoms with Crippen molar-refractivity contribution in [2.24, 2.45) is 5.92 Å². The molecule has 0 aliphatic heterocycles. The highest BCUT2D eigenvalue weighted by Crippen LogP contribution is 2.25. The van der Waals surface area contributed by atoms with Crippen LogP contribution < -0.4 is 4.74 Å². The molecule has 5 nitrogen and oxygen atoms in total. The standard InChI is InChI=1S/C15H14Br2O5/c1-2-14(19)21-9-10(8-18)7-12(17)15(20)22-13-6-4-3-5-11(13)16/h2-6,8,10,12H,1,7,9H2. The minimum Gasteiger partial charge on any atom is -0.462 e. The molecule has 0 radical (unpaired) electrons. The highest BCUT2D eigenvalue weighted by molar-refractivity contribution is 9.10. The molecule has 0 spiro atoms. The molecule has 22 heavy (non-hydrogen) atoms. The van der Waals surface area contributed by atoms with E-state index < -0.39 is 22.7 Å². The van der Waals surface area contributed by atoms with Gasteiger partial charge in [0.25, 0.3) is 0 Å². The molecule has 118 valence electrons. The van der Waals surface area contributed by atoms with E-state index in [0.717, 1.165) is 6.08 Å². The van der Waals surface area contributed by atoms with Crippen molar-refractivity contribution in [2.45, 2.75) is 11.2 Å². The third kappa shape index (κ3) is 6.11. The number of halogens is 2. The smallest absolute Gasteiger partial charge is 0.330 e. The fourth-order valence-corrected chi connectivity index (χ4v) is 2.41. The van der Waals surface area contributed by atoms with Gasteiger partial charge in [0.2, 0.25) is 0 Å². The van der Waals surface area contributed by atoms with Crippen molar-refractivity contribution >= 4 is 50.1 Å². The Hall–Kier alpha value is -1.47. The van der Waals surface area contributed by atoms with Crippen LogP contribution in [0.4, 0.5) is 0 Å². The van der Waals surface area contributed by atoms with Gasteiger partial charge >= 0.3 is 11.9 Å². The SMILES string of the molecule is C=CC(=O)OCC(C=O)CC(Br)C(=O)Oc1ccccc1Br. The Kier molecular flexibility index (Phi) is 8.05. The molecule has 0 fully saturated rings. The summed E-state index contributed by atoms with van der Waals surface area (Å²) in [6.45, 7) is 3.15. The van der Waals surface area contributed by atoms with Gasteiger partial charge in [0.05, 0.1) is 10.4 Å². The van der Waals surface area contributed by atoms with Gasteiger partial charge in [0, 0.05) is 6.08 Å². The van der Waals surface area contributed by atoms with Crippen LogP contribution in [0.15, 0.2) is 41.4 Å². The molecule has 0 bridgehead atoms. The molecule has 0 aliphatic rings. The van der Waals surface area contributed by atoms with Crippen molar-refractivity contribution in [2.75, 3.05) is 6.61 Å². The normalized spacial score (nSPS) is 12.8. The zero-order valence-electron chi connectivity index (χ0n) is 11.5. The minimum atomic E-state index is -0.697. The Labute approximate surface area is 144 Å². The zero-order valence-corrected chi connectivity index (χ0v) is 14.7. The van der Waals surface area contributed by atoms with Crippen LogP contribution in [0.5, 0.6) is 5.75 Å². The molecule has 0 aromatic heterocycles. The average Bonchev–Trinajstić information content (AvgIpc) is 2.52. The maximum atomic E-state index is 12.0. The van der Waals surface area contributed by atoms with E-state index in [2.05, 4.69) is 38.4 Å². The molecule has 2 atom stereocenters. The largest absolute Gasteiger partial charge is 0.462 e. The summed E-state index contributed by atoms with van der Waals surface area (Å²) in [5, 5.41) is 0. The Bertz CT molecular complexity index is 559. The van der Waals surface area contributed by atoms with Gasteiger partial charge in [0.15, 0.2) is 0 Å². The van der Waals surface area contributed by atoms with Crippen LogP contribution in [0.25, 0.3) is 0 Å². The van der Waals surface area contributed by atoms with Crippen molar-refractivity contribution in [1.29, 1.82) is 0 Å². The molecule has 0 N–H and O–H groups in total. The third-order valence-electron chi connectivity index (χ3n) is 2.61. The highest BCUT2D eigenvalue weighted by Gasteiger charge is 2.23. The van der Waals surface area contributed by atoms with Crippen molar-refractivity contribution in [3.05, 3.63) is 41.4 Å². The predicted molar refractivity (Wildman–Crippen MR) is 87.8 cm³/mol. The van der Waals surface area contributed by atoms with E-state index in [4.69, 9.17) is 9.47 Å². The number of carbonyl (C=O) groups is 3. The molecule has 2 unspecified atom stereocenters. The first-order chi connectivity index (χ1) is 10.5. The number of para-hydroxylation sites is 1. The van der Waals surface area contributed by atoms with Crippen molar-refractivity contribution < 1.29 is 23.9 Å². The minimum absolute atomic E-state index is 0.112. The second-order valence-electron chi connectivity index (χ2n) is 4.29. The van der Waals surface area contributed by atoms with Crippen LogP contribution >= 0.6 is 31.9 Å². The molecular weight excluding hydrogens is 420 g/mol. The summed E-state index contributed by atoms with van der Waals surface area (Å²) in [7, 11) is 0. The van der Waals surface area contributed by atoms with E-state index in [-0.39, 0.29) is 13.0 Å². The number of alkyl halides is 1. The van der Waals surface area contributed by atoms with Gasteiger partial charge in [-0.25, -0.2) is 4.79 Å². The van der Waals surface area contributed by atoms with Crippen LogP contribution in [-0.2, 0) is 19.1 Å². The van der Waals surface area contributed by atoms with E-state index in [9.17, 15) is 14.4 Å². The van der Waals surface area contributed by atoms with E-state index >= 15 is 0 Å². The van der Waals surface area contributed by atoms with Crippen molar-refractivity contribution in [1.82, 2.24) is 0 Å². The average molecular weight is 434 g/mol. The maximum absolute atomic E-state index is 12.0. The van der Waals surface area contributed by atoms with Gasteiger partial charge in [-0.3, -0.25) is 4.79 Å². The first-order valence-corrected chi connectivity index (χ1v) is 8.03. The van der Waals surface area contributed by atoms with Crippen molar-refractivity contribution in [3.8, 4) is 5.75 Å². The number of benzene rings is 1. The fourth-order valence-electron chi connectivity index (χ4n) is 1.47. The molecule has 1 rings (SSSR count). The summed E-state index contributed by atoms with van der Waals surface area (Å²) < 4.78 is 10.7. The summed E-state index contributed by atoms with van der Waals surface area (Å²) in [6.07, 6.45) is 1.79. The number of carbonyl (C=O) groups excluding carboxylic acids is 3. The lowest BCUT2D eigenvalue weighted by Gasteiger charge is -2.14. The van der Waals surface area contributed by atoms with Gasteiger partial charge in [0.1, 0.15) is 23.5 Å². The first-order valence-electron chi connectivity index (χ1n) is 6.32. The Morgan fingerprint density at radius 2 is 2.00 bits per heavy atom. The van der Waals surface area contributed by atoms with E-state index in [1.807, 2.05) is 0 Å². The second-order valence-corrected chi connectivity index (χ2v) is 6.24. The Morgan fingerprint density at radius 3 is 2.59 bits per heavy atom. The summed E-state index contributed by atoms with van der Waals surface area (Å²) in [4.78, 5) is 33.2. The number of aldehydes is 1. The molecule has 0 saturated heterocycles. The lowest BCUT2D eigenvalue weighted by Crippen LogP contribution is -2.26. The Morgan fingerprint density at radius 1 is 1.32 bits per heavy atom. The van der Waals surface area contributed by atoms with Gasteiger partial charge in [-0.1, -0.05) is 34.6 Å². The molecule has 0 aliphatic carbocycles. The molecule has 0 heterocycles. The topological polar surface area (TPSA) is 69.7 Å². The lowest BCUT2D eigenvalue weighted by atomic mass is 10.1. The molecule has 7 heteroatoms. The summed E-state index contributed by atoms with van der Waals surface area (Å²) in [5.74, 6) is -1.37. The van der Waals surface area contributed by atoms with Gasteiger partial charge < -0.3 is 14.3 Å². The number of ether oxygens (including phenoxy) is 2. The monoisotopic (exact) mass is 432 g/mol. The highest BCUT2D eigenvalue weighted by atomic mass is 79.9. The van der Waals surface area contributed by atoms with Crippen LogP contribution in [0, 0.1) is 5.92 Å². The summed E-state index contributed by atoms with van der Waals surface area (Å²) in [5.41, 5.74) is 0. The quantitative estimate of drug-likeness (QED) is 0.207. The molecule has 0 saturated carbocycles. The summed E-state index contributed by atoms with van der Waals surface area (Å²) in [6, 6.07) is 6.92. The van der Waals surface area contributed by atoms with Gasteiger partial charge in [-0.2, -0.15) is 0 Å². The Balaban J connectivity index is 2.55. The van der Waals surface area contributed by atoms with Crippen molar-refractivity contribution in [3.63, 3.8) is 0 Å². The second kappa shape index (κ2) is 9.53. The van der Waals surface area contributed by atoms with Crippen LogP contribution in [0.1, 0.15) is 6.42 Å². The zero-order chi connectivity index (χ0) is 16.5. The predicted octanol–water partition coefficient (Wildman–Crippen LogP) is 3.05. The first kappa shape index (κ1) is 18.6. The van der Waals surface area contributed by atoms with E-state index in [1.54, 1.807) is 24.3 Å². The molecule has 1 aromatic carbocycles. The number of hydrogen-bond donors (Lipinski definition) is 0. The van der Waals surface area contributed by atoms with Crippen LogP contribution in [0.3, 0.4) is 0 Å². The summed E-state index contributed by atoms with van der Waals surface area (Å²) >= 11 is 6.45. The van der Waals surface area contributed by atoms with Crippen LogP contribution in [0.2, 0.25) is 0 Å². The van der Waals surface area contributed by atoms with E-state index in [0.29, 0.717) is 16.5 Å². The van der Waals surface area contributed by atoms with Crippen LogP contribution in [-0.4, -0.2) is 29.7 Å². The molecule has 0 amide bonds. The number of hydrogen-bond acceptors (Lipinski definition) is 5. The maximum Gasteiger partial charge on any atom is 0.330 e.